The number of nitrogens with one attached hydrogen (secondary N) is 1. The molecule has 5 heteroatoms. The number of benzene rings is 2. The molecule has 1 amide bonds. The van der Waals surface area contributed by atoms with E-state index in [0.717, 1.165) is 37.6 Å². The number of hydrogen-bond acceptors (Lipinski definition) is 4. The van der Waals surface area contributed by atoms with E-state index < -0.39 is 0 Å². The molecule has 5 nitrogen and oxygen atoms in total. The summed E-state index contributed by atoms with van der Waals surface area (Å²) in [6.45, 7) is 7.69. The average Bonchev–Trinajstić information content (AvgIpc) is 2.71. The first-order valence-electron chi connectivity index (χ1n) is 9.80. The summed E-state index contributed by atoms with van der Waals surface area (Å²) in [6.07, 6.45) is 0.475. The van der Waals surface area contributed by atoms with Crippen molar-refractivity contribution >= 4 is 23.0 Å². The van der Waals surface area contributed by atoms with Crippen molar-refractivity contribution in [3.8, 4) is 0 Å². The highest BCUT2D eigenvalue weighted by atomic mass is 16.2. The fourth-order valence-electron chi connectivity index (χ4n) is 3.41. The minimum atomic E-state index is 0.144. The molecule has 0 unspecified atom stereocenters. The monoisotopic (exact) mass is 366 g/mol. The van der Waals surface area contributed by atoms with Gasteiger partial charge in [0, 0.05) is 62.8 Å². The molecule has 1 heterocycles. The van der Waals surface area contributed by atoms with E-state index in [1.54, 1.807) is 0 Å². The highest BCUT2D eigenvalue weighted by molar-refractivity contribution is 5.93. The lowest BCUT2D eigenvalue weighted by Crippen LogP contribution is -2.44. The van der Waals surface area contributed by atoms with E-state index in [2.05, 4.69) is 46.4 Å². The molecule has 0 aromatic heterocycles. The molecule has 1 aliphatic heterocycles. The van der Waals surface area contributed by atoms with Gasteiger partial charge in [-0.25, -0.2) is 0 Å². The second kappa shape index (κ2) is 9.42. The smallest absolute Gasteiger partial charge is 0.228 e. The molecule has 0 atom stereocenters. The van der Waals surface area contributed by atoms with E-state index >= 15 is 0 Å². The van der Waals surface area contributed by atoms with Crippen LogP contribution in [0.25, 0.3) is 0 Å². The van der Waals surface area contributed by atoms with Crippen LogP contribution in [-0.4, -0.2) is 57.1 Å². The minimum Gasteiger partial charge on any atom is -0.385 e. The highest BCUT2D eigenvalue weighted by Crippen LogP contribution is 2.19. The number of piperazine rings is 1. The van der Waals surface area contributed by atoms with Crippen molar-refractivity contribution in [2.75, 3.05) is 61.4 Å². The van der Waals surface area contributed by atoms with Gasteiger partial charge < -0.3 is 20.0 Å². The Bertz CT molecular complexity index is 709. The third-order valence-corrected chi connectivity index (χ3v) is 5.09. The van der Waals surface area contributed by atoms with Crippen LogP contribution < -0.4 is 15.1 Å². The molecule has 1 fully saturated rings. The summed E-state index contributed by atoms with van der Waals surface area (Å²) < 4.78 is 0. The molecule has 0 saturated carbocycles. The number of hydrogen-bond donors (Lipinski definition) is 1. The van der Waals surface area contributed by atoms with E-state index in [1.807, 2.05) is 42.2 Å². The van der Waals surface area contributed by atoms with E-state index in [4.69, 9.17) is 0 Å². The number of carbonyl (C=O) groups excluding carboxylic acids is 1. The van der Waals surface area contributed by atoms with Crippen molar-refractivity contribution in [1.29, 1.82) is 0 Å². The van der Waals surface area contributed by atoms with Gasteiger partial charge in [-0.3, -0.25) is 4.79 Å². The molecule has 1 aliphatic rings. The first kappa shape index (κ1) is 19.2. The van der Waals surface area contributed by atoms with E-state index in [-0.39, 0.29) is 5.91 Å². The van der Waals surface area contributed by atoms with Gasteiger partial charge >= 0.3 is 0 Å². The standard InChI is InChI=1S/C22H30N4O/c1-3-26(21-7-5-4-6-8-21)22(27)13-14-23-19-9-11-20(12-10-19)25-17-15-24(2)16-18-25/h4-12,23H,3,13-18H2,1-2H3. The molecule has 2 aromatic rings. The van der Waals surface area contributed by atoms with Gasteiger partial charge in [-0.05, 0) is 50.4 Å². The molecular formula is C22H30N4O. The topological polar surface area (TPSA) is 38.8 Å². The first-order valence-corrected chi connectivity index (χ1v) is 9.80. The van der Waals surface area contributed by atoms with Gasteiger partial charge in [0.15, 0.2) is 0 Å². The van der Waals surface area contributed by atoms with E-state index in [9.17, 15) is 4.79 Å². The Morgan fingerprint density at radius 1 is 1.00 bits per heavy atom. The van der Waals surface area contributed by atoms with Gasteiger partial charge in [-0.1, -0.05) is 18.2 Å². The minimum absolute atomic E-state index is 0.144. The number of amides is 1. The van der Waals surface area contributed by atoms with Crippen molar-refractivity contribution in [3.05, 3.63) is 54.6 Å². The lowest BCUT2D eigenvalue weighted by atomic mass is 10.2. The SMILES string of the molecule is CCN(C(=O)CCNc1ccc(N2CCN(C)CC2)cc1)c1ccccc1. The Kier molecular flexibility index (Phi) is 6.71. The van der Waals surface area contributed by atoms with Crippen LogP contribution in [0.3, 0.4) is 0 Å². The van der Waals surface area contributed by atoms with Crippen LogP contribution in [-0.2, 0) is 4.79 Å². The number of para-hydroxylation sites is 1. The normalized spacial score (nSPS) is 14.8. The highest BCUT2D eigenvalue weighted by Gasteiger charge is 2.15. The van der Waals surface area contributed by atoms with Crippen LogP contribution in [0.2, 0.25) is 0 Å². The Morgan fingerprint density at radius 3 is 2.30 bits per heavy atom. The molecule has 0 spiro atoms. The van der Waals surface area contributed by atoms with Crippen molar-refractivity contribution < 1.29 is 4.79 Å². The Labute approximate surface area is 162 Å². The van der Waals surface area contributed by atoms with Gasteiger partial charge in [-0.15, -0.1) is 0 Å². The predicted octanol–water partition coefficient (Wildman–Crippen LogP) is 3.29. The Hall–Kier alpha value is -2.53. The second-order valence-electron chi connectivity index (χ2n) is 6.99. The van der Waals surface area contributed by atoms with Gasteiger partial charge in [0.05, 0.1) is 0 Å². The van der Waals surface area contributed by atoms with E-state index in [0.29, 0.717) is 19.5 Å². The quantitative estimate of drug-likeness (QED) is 0.816. The number of likely N-dealkylation sites (N-methyl/N-ethyl adjacent to an activating group) is 1. The number of nitrogens with zero attached hydrogens (tertiary/aromatic N) is 3. The Morgan fingerprint density at radius 2 is 1.67 bits per heavy atom. The summed E-state index contributed by atoms with van der Waals surface area (Å²) in [5, 5.41) is 3.37. The molecule has 1 N–H and O–H groups in total. The van der Waals surface area contributed by atoms with Gasteiger partial charge in [-0.2, -0.15) is 0 Å². The Balaban J connectivity index is 1.48. The number of anilines is 3. The summed E-state index contributed by atoms with van der Waals surface area (Å²) in [6, 6.07) is 18.4. The molecule has 0 aliphatic carbocycles. The van der Waals surface area contributed by atoms with Crippen LogP contribution in [0.1, 0.15) is 13.3 Å². The van der Waals surface area contributed by atoms with E-state index in [1.165, 1.54) is 5.69 Å². The largest absolute Gasteiger partial charge is 0.385 e. The van der Waals surface area contributed by atoms with Crippen molar-refractivity contribution in [2.45, 2.75) is 13.3 Å². The maximum Gasteiger partial charge on any atom is 0.228 e. The molecule has 3 rings (SSSR count). The fraction of sp³-hybridized carbons (Fsp3) is 0.409. The maximum atomic E-state index is 12.5. The van der Waals surface area contributed by atoms with Crippen LogP contribution >= 0.6 is 0 Å². The molecule has 1 saturated heterocycles. The van der Waals surface area contributed by atoms with Crippen molar-refractivity contribution in [2.24, 2.45) is 0 Å². The van der Waals surface area contributed by atoms with Crippen LogP contribution in [0.5, 0.6) is 0 Å². The zero-order chi connectivity index (χ0) is 19.1. The van der Waals surface area contributed by atoms with Crippen LogP contribution in [0.15, 0.2) is 54.6 Å². The molecule has 2 aromatic carbocycles. The van der Waals surface area contributed by atoms with Gasteiger partial charge in [0.25, 0.3) is 0 Å². The molecule has 0 radical (unpaired) electrons. The summed E-state index contributed by atoms with van der Waals surface area (Å²) in [5.41, 5.74) is 3.29. The average molecular weight is 367 g/mol. The molecular weight excluding hydrogens is 336 g/mol. The van der Waals surface area contributed by atoms with Crippen molar-refractivity contribution in [3.63, 3.8) is 0 Å². The lowest BCUT2D eigenvalue weighted by Gasteiger charge is -2.34. The third kappa shape index (κ3) is 5.23. The summed E-state index contributed by atoms with van der Waals surface area (Å²) in [7, 11) is 2.17. The van der Waals surface area contributed by atoms with Crippen molar-refractivity contribution in [1.82, 2.24) is 4.90 Å². The second-order valence-corrected chi connectivity index (χ2v) is 6.99. The van der Waals surface area contributed by atoms with Crippen LogP contribution in [0.4, 0.5) is 17.1 Å². The summed E-state index contributed by atoms with van der Waals surface area (Å²) in [5.74, 6) is 0.144. The molecule has 27 heavy (non-hydrogen) atoms. The van der Waals surface area contributed by atoms with Gasteiger partial charge in [0.1, 0.15) is 0 Å². The zero-order valence-electron chi connectivity index (χ0n) is 16.4. The molecule has 0 bridgehead atoms. The maximum absolute atomic E-state index is 12.5. The number of rotatable bonds is 7. The number of carbonyl (C=O) groups is 1. The fourth-order valence-corrected chi connectivity index (χ4v) is 3.41. The third-order valence-electron chi connectivity index (χ3n) is 5.09. The molecule has 144 valence electrons. The van der Waals surface area contributed by atoms with Crippen LogP contribution in [0, 0.1) is 0 Å². The summed E-state index contributed by atoms with van der Waals surface area (Å²) >= 11 is 0. The lowest BCUT2D eigenvalue weighted by molar-refractivity contribution is -0.118. The first-order chi connectivity index (χ1) is 13.2. The predicted molar refractivity (Wildman–Crippen MR) is 114 cm³/mol. The zero-order valence-corrected chi connectivity index (χ0v) is 16.4. The summed E-state index contributed by atoms with van der Waals surface area (Å²) in [4.78, 5) is 19.1. The van der Waals surface area contributed by atoms with Gasteiger partial charge in [0.2, 0.25) is 5.91 Å².